The van der Waals surface area contributed by atoms with E-state index in [1.54, 1.807) is 0 Å². The lowest BCUT2D eigenvalue weighted by atomic mass is 9.89. The van der Waals surface area contributed by atoms with Crippen molar-refractivity contribution in [1.29, 1.82) is 0 Å². The lowest BCUT2D eigenvalue weighted by molar-refractivity contribution is -0.105. The third-order valence-electron chi connectivity index (χ3n) is 7.05. The quantitative estimate of drug-likeness (QED) is 0.318. The van der Waals surface area contributed by atoms with E-state index in [1.807, 2.05) is 59.0 Å². The Balaban J connectivity index is 0.000000339. The van der Waals surface area contributed by atoms with Gasteiger partial charge in [0.2, 0.25) is 6.41 Å². The Hall–Kier alpha value is -3.60. The maximum absolute atomic E-state index is 10.8. The zero-order valence-electron chi connectivity index (χ0n) is 23.8. The number of nitrogens with zero attached hydrogens (tertiary/aromatic N) is 2. The highest BCUT2D eigenvalue weighted by molar-refractivity contribution is 5.76. The summed E-state index contributed by atoms with van der Waals surface area (Å²) in [6, 6.07) is 19.9. The van der Waals surface area contributed by atoms with Crippen LogP contribution < -0.4 is 10.6 Å². The van der Waals surface area contributed by atoms with Crippen LogP contribution in [-0.4, -0.2) is 35.4 Å². The zero-order chi connectivity index (χ0) is 27.5. The fourth-order valence-electron chi connectivity index (χ4n) is 4.54. The fourth-order valence-corrected chi connectivity index (χ4v) is 4.54. The molecule has 0 unspecified atom stereocenters. The first-order valence-electron chi connectivity index (χ1n) is 13.9. The van der Waals surface area contributed by atoms with Gasteiger partial charge in [-0.3, -0.25) is 9.78 Å². The second-order valence-corrected chi connectivity index (χ2v) is 10.0. The van der Waals surface area contributed by atoms with Gasteiger partial charge in [0.25, 0.3) is 0 Å². The van der Waals surface area contributed by atoms with E-state index in [2.05, 4.69) is 63.5 Å². The summed E-state index contributed by atoms with van der Waals surface area (Å²) < 4.78 is 0. The van der Waals surface area contributed by atoms with Crippen molar-refractivity contribution in [3.05, 3.63) is 95.3 Å². The Morgan fingerprint density at radius 2 is 1.63 bits per heavy atom. The van der Waals surface area contributed by atoms with Crippen molar-refractivity contribution in [3.63, 3.8) is 0 Å². The molecule has 1 saturated carbocycles. The van der Waals surface area contributed by atoms with Crippen LogP contribution in [0.5, 0.6) is 0 Å². The molecule has 3 aromatic rings. The Morgan fingerprint density at radius 3 is 2.18 bits per heavy atom. The molecule has 1 amide bonds. The van der Waals surface area contributed by atoms with Gasteiger partial charge >= 0.3 is 0 Å². The molecule has 2 aromatic carbocycles. The first kappa shape index (κ1) is 29.0. The molecule has 0 spiro atoms. The van der Waals surface area contributed by atoms with Crippen LogP contribution in [0.25, 0.3) is 5.70 Å². The molecule has 1 aliphatic heterocycles. The van der Waals surface area contributed by atoms with Crippen LogP contribution in [0.3, 0.4) is 0 Å². The van der Waals surface area contributed by atoms with Gasteiger partial charge in [0.15, 0.2) is 0 Å². The molecular formula is C33H44N4O. The van der Waals surface area contributed by atoms with Crippen LogP contribution in [0.2, 0.25) is 0 Å². The number of hydrogen-bond acceptors (Lipinski definition) is 4. The molecule has 202 valence electrons. The molecule has 2 heterocycles. The van der Waals surface area contributed by atoms with Gasteiger partial charge in [0, 0.05) is 48.1 Å². The number of aromatic nitrogens is 1. The Kier molecular flexibility index (Phi) is 11.0. The molecule has 5 rings (SSSR count). The summed E-state index contributed by atoms with van der Waals surface area (Å²) in [7, 11) is 0. The molecule has 1 aromatic heterocycles. The highest BCUT2D eigenvalue weighted by Gasteiger charge is 2.23. The highest BCUT2D eigenvalue weighted by atomic mass is 16.1. The molecule has 38 heavy (non-hydrogen) atoms. The number of nitrogens with one attached hydrogen (secondary N) is 2. The summed E-state index contributed by atoms with van der Waals surface area (Å²) in [5.41, 5.74) is 9.01. The van der Waals surface area contributed by atoms with Gasteiger partial charge in [0.05, 0.1) is 0 Å². The first-order valence-corrected chi connectivity index (χ1v) is 13.9. The topological polar surface area (TPSA) is 57.3 Å². The maximum atomic E-state index is 10.8. The summed E-state index contributed by atoms with van der Waals surface area (Å²) in [6.45, 7) is 16.4. The van der Waals surface area contributed by atoms with E-state index in [1.165, 1.54) is 29.7 Å². The smallest absolute Gasteiger partial charge is 0.211 e. The molecule has 0 bridgehead atoms. The normalized spacial score (nSPS) is 14.8. The number of pyridine rings is 1. The molecule has 0 radical (unpaired) electrons. The van der Waals surface area contributed by atoms with Gasteiger partial charge < -0.3 is 15.5 Å². The second-order valence-electron chi connectivity index (χ2n) is 10.0. The number of aryl methyl sites for hydroxylation is 3. The van der Waals surface area contributed by atoms with E-state index >= 15 is 0 Å². The van der Waals surface area contributed by atoms with Crippen molar-refractivity contribution >= 4 is 23.5 Å². The van der Waals surface area contributed by atoms with Gasteiger partial charge in [-0.05, 0) is 98.9 Å². The number of rotatable bonds is 7. The molecule has 2 fully saturated rings. The summed E-state index contributed by atoms with van der Waals surface area (Å²) in [4.78, 5) is 17.3. The van der Waals surface area contributed by atoms with Crippen LogP contribution in [0, 0.1) is 20.8 Å². The molecule has 0 atom stereocenters. The number of benzene rings is 2. The lowest BCUT2D eigenvalue weighted by Gasteiger charge is -2.35. The largest absolute Gasteiger partial charge is 0.382 e. The summed E-state index contributed by atoms with van der Waals surface area (Å²) in [6.07, 6.45) is 7.48. The van der Waals surface area contributed by atoms with E-state index in [-0.39, 0.29) is 0 Å². The summed E-state index contributed by atoms with van der Waals surface area (Å²) in [5, 5.41) is 6.33. The Bertz CT molecular complexity index is 1140. The van der Waals surface area contributed by atoms with Crippen molar-refractivity contribution in [3.8, 4) is 0 Å². The van der Waals surface area contributed by atoms with E-state index in [9.17, 15) is 4.79 Å². The molecule has 2 aliphatic rings. The van der Waals surface area contributed by atoms with Crippen LogP contribution in [0.1, 0.15) is 73.4 Å². The summed E-state index contributed by atoms with van der Waals surface area (Å²) >= 11 is 0. The predicted octanol–water partition coefficient (Wildman–Crippen LogP) is 7.71. The number of amides is 1. The minimum atomic E-state index is 0.615. The lowest BCUT2D eigenvalue weighted by Crippen LogP contribution is -2.31. The van der Waals surface area contributed by atoms with Crippen molar-refractivity contribution in [1.82, 2.24) is 9.88 Å². The average Bonchev–Trinajstić information content (AvgIpc) is 3.77. The third-order valence-corrected chi connectivity index (χ3v) is 7.05. The van der Waals surface area contributed by atoms with E-state index < -0.39 is 0 Å². The molecule has 1 saturated heterocycles. The second kappa shape index (κ2) is 14.4. The number of likely N-dealkylation sites (tertiary alicyclic amines) is 1. The van der Waals surface area contributed by atoms with Crippen molar-refractivity contribution in [2.45, 2.75) is 72.3 Å². The predicted molar refractivity (Wildman–Crippen MR) is 162 cm³/mol. The molecule has 5 heteroatoms. The van der Waals surface area contributed by atoms with E-state index in [4.69, 9.17) is 0 Å². The van der Waals surface area contributed by atoms with Crippen molar-refractivity contribution in [2.75, 3.05) is 23.7 Å². The SMILES string of the molecule is C=C(c1ccc(C)c(NC=O)c1)N1CCC(c2ccc(NC3CC3)cc2)CC1.CC.Cc1ccc(C)nc1. The molecule has 2 N–H and O–H groups in total. The van der Waals surface area contributed by atoms with Gasteiger partial charge in [-0.2, -0.15) is 0 Å². The number of hydrogen-bond donors (Lipinski definition) is 2. The highest BCUT2D eigenvalue weighted by Crippen LogP contribution is 2.33. The van der Waals surface area contributed by atoms with Gasteiger partial charge in [-0.25, -0.2) is 0 Å². The maximum Gasteiger partial charge on any atom is 0.211 e. The monoisotopic (exact) mass is 512 g/mol. The van der Waals surface area contributed by atoms with Crippen molar-refractivity contribution in [2.24, 2.45) is 0 Å². The molecule has 5 nitrogen and oxygen atoms in total. The third kappa shape index (κ3) is 8.47. The number of piperidine rings is 1. The number of carbonyl (C=O) groups is 1. The van der Waals surface area contributed by atoms with Gasteiger partial charge in [-0.15, -0.1) is 0 Å². The van der Waals surface area contributed by atoms with E-state index in [0.717, 1.165) is 60.5 Å². The minimum absolute atomic E-state index is 0.615. The van der Waals surface area contributed by atoms with Gasteiger partial charge in [-0.1, -0.05) is 50.8 Å². The average molecular weight is 513 g/mol. The van der Waals surface area contributed by atoms with Crippen molar-refractivity contribution < 1.29 is 4.79 Å². The Labute approximate surface area is 229 Å². The molecular weight excluding hydrogens is 468 g/mol. The summed E-state index contributed by atoms with van der Waals surface area (Å²) in [5.74, 6) is 0.615. The van der Waals surface area contributed by atoms with Crippen LogP contribution >= 0.6 is 0 Å². The van der Waals surface area contributed by atoms with Crippen LogP contribution in [0.4, 0.5) is 11.4 Å². The zero-order valence-corrected chi connectivity index (χ0v) is 23.8. The number of anilines is 2. The molecule has 1 aliphatic carbocycles. The Morgan fingerprint density at radius 1 is 0.947 bits per heavy atom. The standard InChI is InChI=1S/C24H29N3O.C7H9N.C2H6/c1-17-3-4-21(15-24(17)25-16-28)18(2)27-13-11-20(12-14-27)19-5-7-22(8-6-19)26-23-9-10-23;1-6-3-4-7(2)8-5-6;1-2/h3-8,15-16,20,23,26H,2,9-14H2,1H3,(H,25,28);3-5H,1-2H3;1-2H3. The fraction of sp³-hybridized carbons (Fsp3) is 0.394. The van der Waals surface area contributed by atoms with Crippen LogP contribution in [0.15, 0.2) is 67.4 Å². The first-order chi connectivity index (χ1) is 18.4. The van der Waals surface area contributed by atoms with Crippen LogP contribution in [-0.2, 0) is 4.79 Å². The number of carbonyl (C=O) groups excluding carboxylic acids is 1. The van der Waals surface area contributed by atoms with E-state index in [0.29, 0.717) is 12.0 Å². The van der Waals surface area contributed by atoms with Gasteiger partial charge in [0.1, 0.15) is 0 Å². The minimum Gasteiger partial charge on any atom is -0.382 e.